The van der Waals surface area contributed by atoms with Crippen molar-refractivity contribution in [2.24, 2.45) is 0 Å². The van der Waals surface area contributed by atoms with Crippen molar-refractivity contribution in [3.63, 3.8) is 0 Å². The molecule has 10 heavy (non-hydrogen) atoms. The molecule has 0 aliphatic carbocycles. The van der Waals surface area contributed by atoms with E-state index in [0.717, 1.165) is 6.20 Å². The highest BCUT2D eigenvalue weighted by Gasteiger charge is 2.03. The summed E-state index contributed by atoms with van der Waals surface area (Å²) in [5, 5.41) is 0. The van der Waals surface area contributed by atoms with Crippen LogP contribution in [0.4, 0.5) is 10.1 Å². The molecule has 1 aromatic rings. The average molecular weight is 142 g/mol. The molecule has 0 unspecified atom stereocenters. The van der Waals surface area contributed by atoms with Gasteiger partial charge in [0, 0.05) is 0 Å². The zero-order valence-corrected chi connectivity index (χ0v) is 5.47. The lowest BCUT2D eigenvalue weighted by Gasteiger charge is -2.01. The van der Waals surface area contributed by atoms with Gasteiger partial charge in [0.1, 0.15) is 5.69 Å². The molecule has 0 saturated carbocycles. The van der Waals surface area contributed by atoms with Crippen molar-refractivity contribution in [2.45, 2.75) is 0 Å². The maximum Gasteiger partial charge on any atom is 0.168 e. The number of nitrogen functional groups attached to an aromatic ring is 1. The summed E-state index contributed by atoms with van der Waals surface area (Å²) in [6, 6.07) is 0. The smallest absolute Gasteiger partial charge is 0.168 e. The van der Waals surface area contributed by atoms with Crippen molar-refractivity contribution in [3.8, 4) is 5.75 Å². The highest BCUT2D eigenvalue weighted by Crippen LogP contribution is 2.20. The van der Waals surface area contributed by atoms with Crippen LogP contribution in [0.1, 0.15) is 0 Å². The summed E-state index contributed by atoms with van der Waals surface area (Å²) >= 11 is 0. The van der Waals surface area contributed by atoms with Gasteiger partial charge in [0.2, 0.25) is 0 Å². The van der Waals surface area contributed by atoms with Gasteiger partial charge in [-0.25, -0.2) is 4.39 Å². The molecule has 54 valence electrons. The van der Waals surface area contributed by atoms with E-state index in [-0.39, 0.29) is 11.4 Å². The van der Waals surface area contributed by atoms with Gasteiger partial charge in [-0.15, -0.1) is 0 Å². The second-order valence-corrected chi connectivity index (χ2v) is 1.74. The summed E-state index contributed by atoms with van der Waals surface area (Å²) in [6.45, 7) is 0. The largest absolute Gasteiger partial charge is 0.493 e. The Kier molecular flexibility index (Phi) is 1.71. The molecule has 1 aromatic heterocycles. The van der Waals surface area contributed by atoms with Crippen LogP contribution in [0.25, 0.3) is 0 Å². The van der Waals surface area contributed by atoms with Crippen molar-refractivity contribution in [1.82, 2.24) is 4.98 Å². The Balaban J connectivity index is 3.14. The van der Waals surface area contributed by atoms with Gasteiger partial charge in [-0.3, -0.25) is 4.98 Å². The van der Waals surface area contributed by atoms with E-state index in [1.54, 1.807) is 0 Å². The number of ether oxygens (including phenoxy) is 1. The molecule has 0 spiro atoms. The number of hydrogen-bond acceptors (Lipinski definition) is 3. The Morgan fingerprint density at radius 2 is 2.30 bits per heavy atom. The minimum absolute atomic E-state index is 0.00231. The van der Waals surface area contributed by atoms with Crippen molar-refractivity contribution in [1.29, 1.82) is 0 Å². The molecule has 0 fully saturated rings. The van der Waals surface area contributed by atoms with Gasteiger partial charge in [0.25, 0.3) is 0 Å². The van der Waals surface area contributed by atoms with Crippen LogP contribution in [0.5, 0.6) is 5.75 Å². The zero-order valence-electron chi connectivity index (χ0n) is 5.47. The highest BCUT2D eigenvalue weighted by atomic mass is 19.1. The van der Waals surface area contributed by atoms with E-state index in [2.05, 4.69) is 4.98 Å². The number of halogens is 1. The Morgan fingerprint density at radius 1 is 1.60 bits per heavy atom. The summed E-state index contributed by atoms with van der Waals surface area (Å²) in [6.07, 6.45) is 2.40. The number of methoxy groups -OCH3 is 1. The number of aromatic nitrogens is 1. The Hall–Kier alpha value is -1.32. The Bertz CT molecular complexity index is 239. The SMILES string of the molecule is COc1cncc(F)c1N. The van der Waals surface area contributed by atoms with Gasteiger partial charge in [-0.1, -0.05) is 0 Å². The monoisotopic (exact) mass is 142 g/mol. The molecular formula is C6H7FN2O. The van der Waals surface area contributed by atoms with E-state index < -0.39 is 5.82 Å². The van der Waals surface area contributed by atoms with E-state index in [1.807, 2.05) is 0 Å². The van der Waals surface area contributed by atoms with Crippen molar-refractivity contribution in [3.05, 3.63) is 18.2 Å². The van der Waals surface area contributed by atoms with Gasteiger partial charge in [-0.2, -0.15) is 0 Å². The van der Waals surface area contributed by atoms with Crippen molar-refractivity contribution < 1.29 is 9.13 Å². The molecule has 0 aromatic carbocycles. The minimum atomic E-state index is -0.556. The molecule has 0 aliphatic rings. The van der Waals surface area contributed by atoms with Crippen LogP contribution in [-0.2, 0) is 0 Å². The van der Waals surface area contributed by atoms with Crippen molar-refractivity contribution in [2.75, 3.05) is 12.8 Å². The third-order valence-corrected chi connectivity index (χ3v) is 1.12. The standard InChI is InChI=1S/C6H7FN2O/c1-10-5-3-9-2-4(7)6(5)8/h2-3H,1H3,(H2,8,9). The predicted octanol–water partition coefficient (Wildman–Crippen LogP) is 0.811. The molecular weight excluding hydrogens is 135 g/mol. The van der Waals surface area contributed by atoms with E-state index in [9.17, 15) is 4.39 Å². The number of rotatable bonds is 1. The fourth-order valence-electron chi connectivity index (χ4n) is 0.590. The fourth-order valence-corrected chi connectivity index (χ4v) is 0.590. The molecule has 0 radical (unpaired) electrons. The number of nitrogens with zero attached hydrogens (tertiary/aromatic N) is 1. The fraction of sp³-hybridized carbons (Fsp3) is 0.167. The van der Waals surface area contributed by atoms with Crippen LogP contribution in [0.15, 0.2) is 12.4 Å². The molecule has 0 saturated heterocycles. The van der Waals surface area contributed by atoms with E-state index in [1.165, 1.54) is 13.3 Å². The first-order valence-corrected chi connectivity index (χ1v) is 2.68. The molecule has 0 atom stereocenters. The topological polar surface area (TPSA) is 48.1 Å². The predicted molar refractivity (Wildman–Crippen MR) is 35.2 cm³/mol. The lowest BCUT2D eigenvalue weighted by atomic mass is 10.4. The van der Waals surface area contributed by atoms with Gasteiger partial charge >= 0.3 is 0 Å². The summed E-state index contributed by atoms with van der Waals surface area (Å²) in [5.74, 6) is -0.292. The van der Waals surface area contributed by atoms with Gasteiger partial charge in [-0.05, 0) is 0 Å². The van der Waals surface area contributed by atoms with E-state index in [4.69, 9.17) is 10.5 Å². The minimum Gasteiger partial charge on any atom is -0.493 e. The first-order valence-electron chi connectivity index (χ1n) is 2.68. The highest BCUT2D eigenvalue weighted by molar-refractivity contribution is 5.51. The summed E-state index contributed by atoms with van der Waals surface area (Å²) in [4.78, 5) is 3.54. The molecule has 0 amide bonds. The normalized spacial score (nSPS) is 9.40. The molecule has 1 rings (SSSR count). The van der Waals surface area contributed by atoms with Crippen LogP contribution >= 0.6 is 0 Å². The summed E-state index contributed by atoms with van der Waals surface area (Å²) in [7, 11) is 1.41. The molecule has 4 heteroatoms. The van der Waals surface area contributed by atoms with Gasteiger partial charge in [0.05, 0.1) is 19.5 Å². The average Bonchev–Trinajstić information content (AvgIpc) is 1.95. The first kappa shape index (κ1) is 6.80. The Morgan fingerprint density at radius 3 is 2.80 bits per heavy atom. The molecule has 0 bridgehead atoms. The quantitative estimate of drug-likeness (QED) is 0.631. The number of nitrogens with two attached hydrogens (primary N) is 1. The van der Waals surface area contributed by atoms with Crippen molar-refractivity contribution >= 4 is 5.69 Å². The maximum atomic E-state index is 12.5. The van der Waals surface area contributed by atoms with E-state index in [0.29, 0.717) is 0 Å². The molecule has 0 aliphatic heterocycles. The number of hydrogen-bond donors (Lipinski definition) is 1. The third kappa shape index (κ3) is 1.00. The Labute approximate surface area is 57.6 Å². The van der Waals surface area contributed by atoms with Gasteiger partial charge < -0.3 is 10.5 Å². The van der Waals surface area contributed by atoms with Crippen LogP contribution in [0.3, 0.4) is 0 Å². The van der Waals surface area contributed by atoms with Crippen LogP contribution in [0, 0.1) is 5.82 Å². The van der Waals surface area contributed by atoms with E-state index >= 15 is 0 Å². The van der Waals surface area contributed by atoms with Crippen LogP contribution < -0.4 is 10.5 Å². The number of anilines is 1. The zero-order chi connectivity index (χ0) is 7.56. The first-order chi connectivity index (χ1) is 4.75. The molecule has 1 heterocycles. The van der Waals surface area contributed by atoms with Crippen LogP contribution in [-0.4, -0.2) is 12.1 Å². The lowest BCUT2D eigenvalue weighted by molar-refractivity contribution is 0.412. The second-order valence-electron chi connectivity index (χ2n) is 1.74. The lowest BCUT2D eigenvalue weighted by Crippen LogP contribution is -1.96. The summed E-state index contributed by atoms with van der Waals surface area (Å²) in [5.41, 5.74) is 5.25. The second kappa shape index (κ2) is 2.51. The summed E-state index contributed by atoms with van der Waals surface area (Å²) < 4.78 is 17.2. The molecule has 2 N–H and O–H groups in total. The molecule has 3 nitrogen and oxygen atoms in total. The van der Waals surface area contributed by atoms with Gasteiger partial charge in [0.15, 0.2) is 11.6 Å². The third-order valence-electron chi connectivity index (χ3n) is 1.12. The number of pyridine rings is 1. The maximum absolute atomic E-state index is 12.5. The van der Waals surface area contributed by atoms with Crippen LogP contribution in [0.2, 0.25) is 0 Å².